The fourth-order valence-electron chi connectivity index (χ4n) is 2.47. The van der Waals surface area contributed by atoms with Crippen molar-refractivity contribution in [1.29, 1.82) is 0 Å². The van der Waals surface area contributed by atoms with Crippen LogP contribution in [-0.2, 0) is 0 Å². The summed E-state index contributed by atoms with van der Waals surface area (Å²) in [6, 6.07) is 16.1. The lowest BCUT2D eigenvalue weighted by Crippen LogP contribution is -1.91. The highest BCUT2D eigenvalue weighted by atomic mass is 16.3. The molecular weight excluding hydrogens is 262 g/mol. The molecule has 1 aromatic heterocycles. The molecule has 0 bridgehead atoms. The second-order valence-corrected chi connectivity index (χ2v) is 4.89. The molecule has 0 amide bonds. The molecule has 0 unspecified atom stereocenters. The second-order valence-electron chi connectivity index (χ2n) is 4.89. The maximum Gasteiger partial charge on any atom is 0.124 e. The Balaban J connectivity index is 2.32. The molecule has 0 radical (unpaired) electrons. The topological polar surface area (TPSA) is 53.4 Å². The zero-order valence-corrected chi connectivity index (χ0v) is 11.6. The lowest BCUT2D eigenvalue weighted by atomic mass is 9.94. The van der Waals surface area contributed by atoms with Crippen molar-refractivity contribution in [3.05, 3.63) is 66.4 Å². The maximum absolute atomic E-state index is 10.3. The fraction of sp³-hybridized carbons (Fsp3) is 0.0556. The van der Waals surface area contributed by atoms with Gasteiger partial charge in [-0.15, -0.1) is 0 Å². The van der Waals surface area contributed by atoms with Gasteiger partial charge in [-0.3, -0.25) is 4.98 Å². The Kier molecular flexibility index (Phi) is 3.32. The van der Waals surface area contributed by atoms with E-state index in [0.29, 0.717) is 11.1 Å². The molecule has 0 fully saturated rings. The van der Waals surface area contributed by atoms with Gasteiger partial charge in [-0.1, -0.05) is 36.4 Å². The molecule has 2 aromatic carbocycles. The Morgan fingerprint density at radius 2 is 1.48 bits per heavy atom. The first-order chi connectivity index (χ1) is 10.2. The third-order valence-electron chi connectivity index (χ3n) is 3.48. The summed E-state index contributed by atoms with van der Waals surface area (Å²) in [6.45, 7) is 1.97. The van der Waals surface area contributed by atoms with Gasteiger partial charge in [0.25, 0.3) is 0 Å². The number of phenolic OH excluding ortho intramolecular Hbond substituents is 2. The lowest BCUT2D eigenvalue weighted by molar-refractivity contribution is 0.469. The summed E-state index contributed by atoms with van der Waals surface area (Å²) in [5.41, 5.74) is 3.80. The van der Waals surface area contributed by atoms with Crippen molar-refractivity contribution >= 4 is 0 Å². The van der Waals surface area contributed by atoms with E-state index in [-0.39, 0.29) is 11.5 Å². The van der Waals surface area contributed by atoms with Gasteiger partial charge in [0.15, 0.2) is 0 Å². The number of aryl methyl sites for hydroxylation is 1. The van der Waals surface area contributed by atoms with E-state index in [0.717, 1.165) is 16.8 Å². The van der Waals surface area contributed by atoms with Crippen molar-refractivity contribution in [3.63, 3.8) is 0 Å². The summed E-state index contributed by atoms with van der Waals surface area (Å²) in [6.07, 6.45) is 1.72. The Hall–Kier alpha value is -2.81. The summed E-state index contributed by atoms with van der Waals surface area (Å²) in [4.78, 5) is 4.41. The Labute approximate surface area is 123 Å². The molecule has 3 heteroatoms. The van der Waals surface area contributed by atoms with Crippen molar-refractivity contribution in [2.75, 3.05) is 0 Å². The molecule has 2 N–H and O–H groups in total. The van der Waals surface area contributed by atoms with E-state index in [2.05, 4.69) is 4.98 Å². The van der Waals surface area contributed by atoms with E-state index in [1.807, 2.05) is 31.2 Å². The molecule has 0 aliphatic rings. The SMILES string of the molecule is Cc1cccnc1-c1cccc(O)c1-c1ccccc1O. The average molecular weight is 277 g/mol. The van der Waals surface area contributed by atoms with Crippen molar-refractivity contribution in [2.45, 2.75) is 6.92 Å². The van der Waals surface area contributed by atoms with E-state index in [4.69, 9.17) is 0 Å². The van der Waals surface area contributed by atoms with Crippen molar-refractivity contribution in [1.82, 2.24) is 4.98 Å². The molecule has 0 spiro atoms. The smallest absolute Gasteiger partial charge is 0.124 e. The average Bonchev–Trinajstić information content (AvgIpc) is 2.49. The minimum absolute atomic E-state index is 0.124. The van der Waals surface area contributed by atoms with Crippen LogP contribution in [0.4, 0.5) is 0 Å². The Morgan fingerprint density at radius 3 is 2.24 bits per heavy atom. The third-order valence-corrected chi connectivity index (χ3v) is 3.48. The predicted octanol–water partition coefficient (Wildman–Crippen LogP) is 4.14. The molecule has 104 valence electrons. The molecule has 21 heavy (non-hydrogen) atoms. The van der Waals surface area contributed by atoms with Crippen LogP contribution < -0.4 is 0 Å². The van der Waals surface area contributed by atoms with Crippen LogP contribution in [0.1, 0.15) is 5.56 Å². The fourth-order valence-corrected chi connectivity index (χ4v) is 2.47. The molecular formula is C18H15NO2. The first-order valence-corrected chi connectivity index (χ1v) is 6.71. The molecule has 0 aliphatic carbocycles. The van der Waals surface area contributed by atoms with E-state index < -0.39 is 0 Å². The summed E-state index contributed by atoms with van der Waals surface area (Å²) in [7, 11) is 0. The van der Waals surface area contributed by atoms with E-state index in [1.54, 1.807) is 36.5 Å². The zero-order chi connectivity index (χ0) is 14.8. The normalized spacial score (nSPS) is 10.5. The second kappa shape index (κ2) is 5.29. The van der Waals surface area contributed by atoms with Crippen molar-refractivity contribution in [2.24, 2.45) is 0 Å². The van der Waals surface area contributed by atoms with Crippen LogP contribution in [0.25, 0.3) is 22.4 Å². The van der Waals surface area contributed by atoms with Gasteiger partial charge in [-0.2, -0.15) is 0 Å². The van der Waals surface area contributed by atoms with Gasteiger partial charge < -0.3 is 10.2 Å². The van der Waals surface area contributed by atoms with Gasteiger partial charge in [0.2, 0.25) is 0 Å². The zero-order valence-electron chi connectivity index (χ0n) is 11.6. The molecule has 0 saturated carbocycles. The standard InChI is InChI=1S/C18H15NO2/c1-12-6-5-11-19-18(12)14-8-4-10-16(21)17(14)13-7-2-3-9-15(13)20/h2-11,20-21H,1H3. The van der Waals surface area contributed by atoms with Crippen LogP contribution in [0.2, 0.25) is 0 Å². The molecule has 3 aromatic rings. The third kappa shape index (κ3) is 2.34. The van der Waals surface area contributed by atoms with Gasteiger partial charge in [-0.05, 0) is 30.7 Å². The number of nitrogens with zero attached hydrogens (tertiary/aromatic N) is 1. The first-order valence-electron chi connectivity index (χ1n) is 6.71. The summed E-state index contributed by atoms with van der Waals surface area (Å²) >= 11 is 0. The van der Waals surface area contributed by atoms with Crippen LogP contribution in [0.3, 0.4) is 0 Å². The highest BCUT2D eigenvalue weighted by molar-refractivity contribution is 5.89. The van der Waals surface area contributed by atoms with E-state index in [9.17, 15) is 10.2 Å². The van der Waals surface area contributed by atoms with Crippen LogP contribution in [0.15, 0.2) is 60.8 Å². The predicted molar refractivity (Wildman–Crippen MR) is 83.2 cm³/mol. The van der Waals surface area contributed by atoms with Gasteiger partial charge in [0, 0.05) is 22.9 Å². The number of pyridine rings is 1. The summed E-state index contributed by atoms with van der Waals surface area (Å²) in [5.74, 6) is 0.257. The molecule has 3 nitrogen and oxygen atoms in total. The molecule has 0 atom stereocenters. The first kappa shape index (κ1) is 13.2. The Bertz CT molecular complexity index is 797. The largest absolute Gasteiger partial charge is 0.507 e. The van der Waals surface area contributed by atoms with Crippen LogP contribution in [0, 0.1) is 6.92 Å². The molecule has 0 saturated heterocycles. The van der Waals surface area contributed by atoms with E-state index >= 15 is 0 Å². The van der Waals surface area contributed by atoms with Crippen LogP contribution in [0.5, 0.6) is 11.5 Å². The summed E-state index contributed by atoms with van der Waals surface area (Å²) < 4.78 is 0. The summed E-state index contributed by atoms with van der Waals surface area (Å²) in [5, 5.41) is 20.4. The van der Waals surface area contributed by atoms with Gasteiger partial charge in [-0.25, -0.2) is 0 Å². The monoisotopic (exact) mass is 277 g/mol. The quantitative estimate of drug-likeness (QED) is 0.740. The van der Waals surface area contributed by atoms with Crippen LogP contribution >= 0.6 is 0 Å². The van der Waals surface area contributed by atoms with Crippen molar-refractivity contribution in [3.8, 4) is 33.9 Å². The number of para-hydroxylation sites is 1. The lowest BCUT2D eigenvalue weighted by Gasteiger charge is -2.14. The van der Waals surface area contributed by atoms with Gasteiger partial charge in [0.05, 0.1) is 5.69 Å². The van der Waals surface area contributed by atoms with Gasteiger partial charge >= 0.3 is 0 Å². The molecule has 0 aliphatic heterocycles. The number of aromatic nitrogens is 1. The molecule has 1 heterocycles. The Morgan fingerprint density at radius 1 is 0.762 bits per heavy atom. The maximum atomic E-state index is 10.3. The van der Waals surface area contributed by atoms with Gasteiger partial charge in [0.1, 0.15) is 11.5 Å². The minimum Gasteiger partial charge on any atom is -0.507 e. The number of benzene rings is 2. The molecule has 3 rings (SSSR count). The minimum atomic E-state index is 0.124. The number of rotatable bonds is 2. The number of hydrogen-bond acceptors (Lipinski definition) is 3. The number of hydrogen-bond donors (Lipinski definition) is 2. The number of phenols is 2. The van der Waals surface area contributed by atoms with Crippen molar-refractivity contribution < 1.29 is 10.2 Å². The highest BCUT2D eigenvalue weighted by Gasteiger charge is 2.16. The van der Waals surface area contributed by atoms with E-state index in [1.165, 1.54) is 0 Å². The van der Waals surface area contributed by atoms with Crippen LogP contribution in [-0.4, -0.2) is 15.2 Å². The highest BCUT2D eigenvalue weighted by Crippen LogP contribution is 2.42. The number of aromatic hydroxyl groups is 2.